The van der Waals surface area contributed by atoms with Crippen molar-refractivity contribution in [2.24, 2.45) is 0 Å². The Morgan fingerprint density at radius 1 is 1.36 bits per heavy atom. The molecular weight excluding hydrogens is 358 g/mol. The van der Waals surface area contributed by atoms with Crippen molar-refractivity contribution in [2.45, 2.75) is 44.9 Å². The third-order valence-electron chi connectivity index (χ3n) is 5.42. The van der Waals surface area contributed by atoms with E-state index in [0.717, 1.165) is 36.7 Å². The van der Waals surface area contributed by atoms with Crippen LogP contribution in [0, 0.1) is 0 Å². The first-order chi connectivity index (χ1) is 13.6. The second-order valence-corrected chi connectivity index (χ2v) is 7.31. The molecule has 2 aromatic heterocycles. The van der Waals surface area contributed by atoms with E-state index in [1.54, 1.807) is 10.9 Å². The van der Waals surface area contributed by atoms with Gasteiger partial charge in [0.15, 0.2) is 11.5 Å². The van der Waals surface area contributed by atoms with Crippen LogP contribution >= 0.6 is 0 Å². The number of hydrogen-bond acceptors (Lipinski definition) is 5. The van der Waals surface area contributed by atoms with Gasteiger partial charge in [-0.1, -0.05) is 19.8 Å². The van der Waals surface area contributed by atoms with Crippen LogP contribution in [0.25, 0.3) is 16.7 Å². The van der Waals surface area contributed by atoms with Gasteiger partial charge in [0.25, 0.3) is 0 Å². The molecule has 1 atom stereocenters. The molecule has 3 heterocycles. The Labute approximate surface area is 163 Å². The van der Waals surface area contributed by atoms with Gasteiger partial charge >= 0.3 is 0 Å². The van der Waals surface area contributed by atoms with E-state index in [-0.39, 0.29) is 28.9 Å². The summed E-state index contributed by atoms with van der Waals surface area (Å²) in [4.78, 5) is 20.2. The lowest BCUT2D eigenvalue weighted by Crippen LogP contribution is -2.12. The van der Waals surface area contributed by atoms with Crippen molar-refractivity contribution >= 4 is 16.8 Å². The topological polar surface area (TPSA) is 100 Å². The first-order valence-electron chi connectivity index (χ1n) is 9.82. The number of H-pyrrole nitrogens is 1. The van der Waals surface area contributed by atoms with Crippen LogP contribution < -0.4 is 0 Å². The summed E-state index contributed by atoms with van der Waals surface area (Å²) in [5.41, 5.74) is 3.15. The van der Waals surface area contributed by atoms with Crippen molar-refractivity contribution < 1.29 is 19.7 Å². The molecule has 1 aliphatic heterocycles. The molecule has 1 fully saturated rings. The number of imidazole rings is 1. The van der Waals surface area contributed by atoms with E-state index in [1.807, 2.05) is 18.2 Å². The number of unbranched alkanes of at least 4 members (excludes halogenated alkanes) is 2. The van der Waals surface area contributed by atoms with Crippen LogP contribution in [0.1, 0.15) is 61.0 Å². The number of ketones is 1. The lowest BCUT2D eigenvalue weighted by molar-refractivity contribution is 0.0975. The number of aromatic nitrogens is 3. The first kappa shape index (κ1) is 18.6. The molecule has 7 nitrogen and oxygen atoms in total. The van der Waals surface area contributed by atoms with Crippen molar-refractivity contribution in [3.05, 3.63) is 35.8 Å². The lowest BCUT2D eigenvalue weighted by Gasteiger charge is -2.16. The Morgan fingerprint density at radius 3 is 2.96 bits per heavy atom. The Balaban J connectivity index is 1.85. The monoisotopic (exact) mass is 383 g/mol. The molecule has 1 aromatic carbocycles. The number of nitrogens with one attached hydrogen (secondary N) is 1. The van der Waals surface area contributed by atoms with Crippen LogP contribution in [0.4, 0.5) is 0 Å². The number of fused-ring (bicyclic) bond motifs is 1. The van der Waals surface area contributed by atoms with Crippen molar-refractivity contribution in [1.29, 1.82) is 0 Å². The number of Topliss-reactive ketones (excluding diaryl/α,β-unsaturated/α-hetero) is 1. The SMILES string of the molecule is CCCCCC(=O)c1c(O)c(O)n(-c2ccc3nc[nH]c3c2)c1C1CCOC1. The van der Waals surface area contributed by atoms with Crippen LogP contribution in [-0.2, 0) is 4.74 Å². The number of aromatic hydroxyl groups is 2. The molecule has 1 aliphatic rings. The van der Waals surface area contributed by atoms with Crippen molar-refractivity contribution in [2.75, 3.05) is 13.2 Å². The summed E-state index contributed by atoms with van der Waals surface area (Å²) in [6.07, 6.45) is 5.43. The molecule has 7 heteroatoms. The van der Waals surface area contributed by atoms with Gasteiger partial charge in [-0.3, -0.25) is 9.36 Å². The van der Waals surface area contributed by atoms with E-state index < -0.39 is 0 Å². The smallest absolute Gasteiger partial charge is 0.240 e. The second-order valence-electron chi connectivity index (χ2n) is 7.31. The molecule has 0 aliphatic carbocycles. The van der Waals surface area contributed by atoms with Gasteiger partial charge in [-0.15, -0.1) is 0 Å². The van der Waals surface area contributed by atoms with Gasteiger partial charge in [-0.05, 0) is 31.0 Å². The van der Waals surface area contributed by atoms with Gasteiger partial charge in [0, 0.05) is 24.6 Å². The summed E-state index contributed by atoms with van der Waals surface area (Å²) in [5.74, 6) is -0.841. The van der Waals surface area contributed by atoms with Gasteiger partial charge in [-0.2, -0.15) is 0 Å². The zero-order valence-electron chi connectivity index (χ0n) is 15.9. The second kappa shape index (κ2) is 7.67. The summed E-state index contributed by atoms with van der Waals surface area (Å²) >= 11 is 0. The minimum Gasteiger partial charge on any atom is -0.503 e. The van der Waals surface area contributed by atoms with Gasteiger partial charge in [-0.25, -0.2) is 4.98 Å². The molecule has 0 radical (unpaired) electrons. The highest BCUT2D eigenvalue weighted by atomic mass is 16.5. The molecular formula is C21H25N3O4. The summed E-state index contributed by atoms with van der Waals surface area (Å²) in [6.45, 7) is 3.14. The van der Waals surface area contributed by atoms with E-state index in [1.165, 1.54) is 0 Å². The van der Waals surface area contributed by atoms with Crippen LogP contribution in [0.3, 0.4) is 0 Å². The van der Waals surface area contributed by atoms with Crippen molar-refractivity contribution in [3.8, 4) is 17.3 Å². The lowest BCUT2D eigenvalue weighted by atomic mass is 9.96. The molecule has 0 saturated carbocycles. The number of carbonyl (C=O) groups excluding carboxylic acids is 1. The predicted octanol–water partition coefficient (Wildman–Crippen LogP) is 4.03. The van der Waals surface area contributed by atoms with Gasteiger partial charge in [0.2, 0.25) is 5.88 Å². The van der Waals surface area contributed by atoms with E-state index in [4.69, 9.17) is 4.74 Å². The third kappa shape index (κ3) is 3.16. The number of nitrogens with zero attached hydrogens (tertiary/aromatic N) is 2. The molecule has 1 saturated heterocycles. The molecule has 0 amide bonds. The van der Waals surface area contributed by atoms with Crippen LogP contribution in [0.2, 0.25) is 0 Å². The Kier molecular flexibility index (Phi) is 5.09. The number of aromatic amines is 1. The average molecular weight is 383 g/mol. The summed E-state index contributed by atoms with van der Waals surface area (Å²) in [6, 6.07) is 5.52. The number of benzene rings is 1. The summed E-state index contributed by atoms with van der Waals surface area (Å²) in [5, 5.41) is 21.4. The Hall–Kier alpha value is -2.80. The number of hydrogen-bond donors (Lipinski definition) is 3. The maximum atomic E-state index is 12.9. The summed E-state index contributed by atoms with van der Waals surface area (Å²) < 4.78 is 7.12. The number of ether oxygens (including phenoxy) is 1. The number of rotatable bonds is 7. The minimum atomic E-state index is -0.340. The third-order valence-corrected chi connectivity index (χ3v) is 5.42. The highest BCUT2D eigenvalue weighted by Gasteiger charge is 2.34. The fourth-order valence-electron chi connectivity index (χ4n) is 3.96. The Morgan fingerprint density at radius 2 is 2.21 bits per heavy atom. The van der Waals surface area contributed by atoms with Crippen LogP contribution in [0.5, 0.6) is 11.6 Å². The van der Waals surface area contributed by atoms with E-state index >= 15 is 0 Å². The predicted molar refractivity (Wildman–Crippen MR) is 105 cm³/mol. The molecule has 0 spiro atoms. The maximum Gasteiger partial charge on any atom is 0.240 e. The van der Waals surface area contributed by atoms with Crippen molar-refractivity contribution in [3.63, 3.8) is 0 Å². The molecule has 148 valence electrons. The molecule has 4 rings (SSSR count). The fourth-order valence-corrected chi connectivity index (χ4v) is 3.96. The van der Waals surface area contributed by atoms with Crippen LogP contribution in [0.15, 0.2) is 24.5 Å². The molecule has 28 heavy (non-hydrogen) atoms. The van der Waals surface area contributed by atoms with Crippen molar-refractivity contribution in [1.82, 2.24) is 14.5 Å². The van der Waals surface area contributed by atoms with E-state index in [9.17, 15) is 15.0 Å². The quantitative estimate of drug-likeness (QED) is 0.422. The van der Waals surface area contributed by atoms with Gasteiger partial charge < -0.3 is 19.9 Å². The van der Waals surface area contributed by atoms with Gasteiger partial charge in [0.05, 0.1) is 35.2 Å². The first-order valence-corrected chi connectivity index (χ1v) is 9.82. The highest BCUT2D eigenvalue weighted by molar-refractivity contribution is 6.01. The molecule has 0 bridgehead atoms. The zero-order valence-corrected chi connectivity index (χ0v) is 15.9. The molecule has 3 N–H and O–H groups in total. The fraction of sp³-hybridized carbons (Fsp3) is 0.429. The highest BCUT2D eigenvalue weighted by Crippen LogP contribution is 2.44. The summed E-state index contributed by atoms with van der Waals surface area (Å²) in [7, 11) is 0. The number of carbonyl (C=O) groups is 1. The standard InChI is InChI=1S/C21H25N3O4/c1-2-3-4-5-17(25)18-19(13-8-9-28-11-13)24(21(27)20(18)26)14-6-7-15-16(10-14)23-12-22-15/h6-7,10,12-13,26-27H,2-5,8-9,11H2,1H3,(H,22,23). The van der Waals surface area contributed by atoms with E-state index in [2.05, 4.69) is 16.9 Å². The van der Waals surface area contributed by atoms with Gasteiger partial charge in [0.1, 0.15) is 0 Å². The molecule has 1 unspecified atom stereocenters. The normalized spacial score (nSPS) is 16.8. The minimum absolute atomic E-state index is 0.0608. The Bertz CT molecular complexity index is 999. The molecule has 3 aromatic rings. The largest absolute Gasteiger partial charge is 0.503 e. The maximum absolute atomic E-state index is 12.9. The van der Waals surface area contributed by atoms with E-state index in [0.29, 0.717) is 31.0 Å². The average Bonchev–Trinajstić information content (AvgIpc) is 3.42. The van der Waals surface area contributed by atoms with Crippen LogP contribution in [-0.4, -0.2) is 43.7 Å². The zero-order chi connectivity index (χ0) is 19.7.